The Morgan fingerprint density at radius 1 is 0.960 bits per heavy atom. The van der Waals surface area contributed by atoms with Crippen LogP contribution in [0.25, 0.3) is 11.3 Å². The van der Waals surface area contributed by atoms with E-state index in [1.165, 1.54) is 7.11 Å². The fourth-order valence-electron chi connectivity index (χ4n) is 2.37. The van der Waals surface area contributed by atoms with Crippen LogP contribution in [0.15, 0.2) is 71.1 Å². The Hall–Kier alpha value is -3.34. The van der Waals surface area contributed by atoms with Crippen LogP contribution in [-0.2, 0) is 11.3 Å². The van der Waals surface area contributed by atoms with Crippen molar-refractivity contribution in [1.82, 2.24) is 5.32 Å². The molecule has 0 bridgehead atoms. The molecule has 0 radical (unpaired) electrons. The molecule has 2 aromatic carbocycles. The van der Waals surface area contributed by atoms with Crippen LogP contribution in [0.1, 0.15) is 26.5 Å². The average Bonchev–Trinajstić information content (AvgIpc) is 3.17. The molecule has 3 aromatic rings. The van der Waals surface area contributed by atoms with E-state index in [9.17, 15) is 9.59 Å². The first-order valence-electron chi connectivity index (χ1n) is 7.78. The topological polar surface area (TPSA) is 68.5 Å². The minimum atomic E-state index is -0.396. The Bertz CT molecular complexity index is 866. The molecule has 0 atom stereocenters. The van der Waals surface area contributed by atoms with Gasteiger partial charge in [0.15, 0.2) is 5.76 Å². The van der Waals surface area contributed by atoms with Gasteiger partial charge in [0.1, 0.15) is 5.76 Å². The van der Waals surface area contributed by atoms with Crippen molar-refractivity contribution >= 4 is 11.9 Å². The Balaban J connectivity index is 1.67. The molecule has 0 aliphatic rings. The average molecular weight is 335 g/mol. The third-order valence-corrected chi connectivity index (χ3v) is 3.72. The van der Waals surface area contributed by atoms with Crippen LogP contribution in [0.2, 0.25) is 0 Å². The Kier molecular flexibility index (Phi) is 4.95. The summed E-state index contributed by atoms with van der Waals surface area (Å²) in [6.45, 7) is 0.434. The van der Waals surface area contributed by atoms with Gasteiger partial charge in [0, 0.05) is 12.1 Å². The highest BCUT2D eigenvalue weighted by Crippen LogP contribution is 2.23. The highest BCUT2D eigenvalue weighted by molar-refractivity contribution is 5.92. The molecule has 1 heterocycles. The molecule has 0 aliphatic heterocycles. The van der Waals surface area contributed by atoms with Crippen molar-refractivity contribution in [3.8, 4) is 11.3 Å². The zero-order valence-electron chi connectivity index (χ0n) is 13.7. The molecule has 1 N–H and O–H groups in total. The highest BCUT2D eigenvalue weighted by atomic mass is 16.5. The summed E-state index contributed by atoms with van der Waals surface area (Å²) in [7, 11) is 1.34. The van der Waals surface area contributed by atoms with Crippen molar-refractivity contribution in [3.05, 3.63) is 83.6 Å². The Morgan fingerprint density at radius 3 is 2.36 bits per heavy atom. The van der Waals surface area contributed by atoms with Crippen LogP contribution in [0.4, 0.5) is 0 Å². The molecule has 0 spiro atoms. The molecule has 0 unspecified atom stereocenters. The normalized spacial score (nSPS) is 10.3. The molecule has 126 valence electrons. The predicted octanol–water partition coefficient (Wildman–Crippen LogP) is 3.66. The summed E-state index contributed by atoms with van der Waals surface area (Å²) >= 11 is 0. The lowest BCUT2D eigenvalue weighted by molar-refractivity contribution is 0.0600. The zero-order chi connectivity index (χ0) is 17.6. The Labute approximate surface area is 145 Å². The van der Waals surface area contributed by atoms with Crippen molar-refractivity contribution in [1.29, 1.82) is 0 Å². The van der Waals surface area contributed by atoms with Crippen LogP contribution in [-0.4, -0.2) is 19.0 Å². The summed E-state index contributed by atoms with van der Waals surface area (Å²) in [5.41, 5.74) is 2.24. The smallest absolute Gasteiger partial charge is 0.337 e. The van der Waals surface area contributed by atoms with E-state index in [0.717, 1.165) is 11.1 Å². The molecule has 1 aromatic heterocycles. The number of carbonyl (C=O) groups is 2. The van der Waals surface area contributed by atoms with E-state index >= 15 is 0 Å². The fourth-order valence-corrected chi connectivity index (χ4v) is 2.37. The van der Waals surface area contributed by atoms with Crippen molar-refractivity contribution < 1.29 is 18.7 Å². The molecule has 1 amide bonds. The van der Waals surface area contributed by atoms with Gasteiger partial charge in [-0.2, -0.15) is 0 Å². The van der Waals surface area contributed by atoms with Gasteiger partial charge in [-0.15, -0.1) is 0 Å². The summed E-state index contributed by atoms with van der Waals surface area (Å²) in [4.78, 5) is 23.6. The van der Waals surface area contributed by atoms with E-state index in [0.29, 0.717) is 17.9 Å². The first-order chi connectivity index (χ1) is 12.2. The largest absolute Gasteiger partial charge is 0.465 e. The minimum absolute atomic E-state index is 0.239. The molecule has 0 saturated heterocycles. The van der Waals surface area contributed by atoms with Crippen molar-refractivity contribution in [2.45, 2.75) is 6.54 Å². The highest BCUT2D eigenvalue weighted by Gasteiger charge is 2.13. The molecule has 5 nitrogen and oxygen atoms in total. The summed E-state index contributed by atoms with van der Waals surface area (Å²) < 4.78 is 10.3. The van der Waals surface area contributed by atoms with Gasteiger partial charge in [0.2, 0.25) is 0 Å². The number of benzene rings is 2. The lowest BCUT2D eigenvalue weighted by atomic mass is 10.1. The number of amides is 1. The standard InChI is InChI=1S/C20H17NO4/c1-24-20(23)16-9-7-15(8-10-16)17-11-12-18(25-17)19(22)21-13-14-5-3-2-4-6-14/h2-12H,13H2,1H3,(H,21,22). The number of nitrogens with one attached hydrogen (secondary N) is 1. The number of methoxy groups -OCH3 is 1. The van der Waals surface area contributed by atoms with Gasteiger partial charge < -0.3 is 14.5 Å². The molecule has 25 heavy (non-hydrogen) atoms. The number of hydrogen-bond donors (Lipinski definition) is 1. The number of esters is 1. The molecular weight excluding hydrogens is 318 g/mol. The second kappa shape index (κ2) is 7.49. The van der Waals surface area contributed by atoms with E-state index < -0.39 is 5.97 Å². The second-order valence-corrected chi connectivity index (χ2v) is 5.40. The summed E-state index contributed by atoms with van der Waals surface area (Å²) in [5.74, 6) is 0.123. The van der Waals surface area contributed by atoms with Crippen LogP contribution >= 0.6 is 0 Å². The third-order valence-electron chi connectivity index (χ3n) is 3.72. The maximum Gasteiger partial charge on any atom is 0.337 e. The molecule has 0 fully saturated rings. The number of rotatable bonds is 5. The molecule has 0 saturated carbocycles. The summed E-state index contributed by atoms with van der Waals surface area (Å²) in [6, 6.07) is 19.8. The van der Waals surface area contributed by atoms with Gasteiger partial charge in [0.25, 0.3) is 5.91 Å². The first-order valence-corrected chi connectivity index (χ1v) is 7.78. The number of carbonyl (C=O) groups excluding carboxylic acids is 2. The van der Waals surface area contributed by atoms with Crippen molar-refractivity contribution in [2.24, 2.45) is 0 Å². The van der Waals surface area contributed by atoms with Crippen LogP contribution in [0.5, 0.6) is 0 Å². The predicted molar refractivity (Wildman–Crippen MR) is 93.1 cm³/mol. The monoisotopic (exact) mass is 335 g/mol. The van der Waals surface area contributed by atoms with E-state index in [-0.39, 0.29) is 11.7 Å². The SMILES string of the molecule is COC(=O)c1ccc(-c2ccc(C(=O)NCc3ccccc3)o2)cc1. The van der Waals surface area contributed by atoms with Crippen LogP contribution in [0.3, 0.4) is 0 Å². The fraction of sp³-hybridized carbons (Fsp3) is 0.100. The van der Waals surface area contributed by atoms with E-state index in [1.54, 1.807) is 36.4 Å². The van der Waals surface area contributed by atoms with E-state index in [2.05, 4.69) is 10.1 Å². The second-order valence-electron chi connectivity index (χ2n) is 5.40. The first kappa shape index (κ1) is 16.5. The van der Waals surface area contributed by atoms with E-state index in [4.69, 9.17) is 4.42 Å². The molecule has 0 aliphatic carbocycles. The number of hydrogen-bond acceptors (Lipinski definition) is 4. The lowest BCUT2D eigenvalue weighted by Crippen LogP contribution is -2.22. The van der Waals surface area contributed by atoms with Gasteiger partial charge in [-0.3, -0.25) is 4.79 Å². The zero-order valence-corrected chi connectivity index (χ0v) is 13.7. The third kappa shape index (κ3) is 3.95. The maximum atomic E-state index is 12.2. The molecular formula is C20H17NO4. The lowest BCUT2D eigenvalue weighted by Gasteiger charge is -2.03. The number of furan rings is 1. The van der Waals surface area contributed by atoms with Crippen LogP contribution < -0.4 is 5.32 Å². The van der Waals surface area contributed by atoms with Gasteiger partial charge >= 0.3 is 5.97 Å². The van der Waals surface area contributed by atoms with Gasteiger partial charge in [0.05, 0.1) is 12.7 Å². The van der Waals surface area contributed by atoms with Gasteiger partial charge in [-0.25, -0.2) is 4.79 Å². The van der Waals surface area contributed by atoms with Crippen molar-refractivity contribution in [2.75, 3.05) is 7.11 Å². The number of ether oxygens (including phenoxy) is 1. The minimum Gasteiger partial charge on any atom is -0.465 e. The summed E-state index contributed by atoms with van der Waals surface area (Å²) in [5, 5.41) is 2.82. The maximum absolute atomic E-state index is 12.2. The molecule has 5 heteroatoms. The Morgan fingerprint density at radius 2 is 1.68 bits per heavy atom. The van der Waals surface area contributed by atoms with E-state index in [1.807, 2.05) is 30.3 Å². The van der Waals surface area contributed by atoms with Gasteiger partial charge in [-0.05, 0) is 29.8 Å². The van der Waals surface area contributed by atoms with Crippen molar-refractivity contribution in [3.63, 3.8) is 0 Å². The quantitative estimate of drug-likeness (QED) is 0.723. The van der Waals surface area contributed by atoms with Gasteiger partial charge in [-0.1, -0.05) is 42.5 Å². The molecule has 3 rings (SSSR count). The van der Waals surface area contributed by atoms with Crippen LogP contribution in [0, 0.1) is 0 Å². The summed E-state index contributed by atoms with van der Waals surface area (Å²) in [6.07, 6.45) is 0.